The fraction of sp³-hybridized carbons (Fsp3) is 0.235. The Hall–Kier alpha value is -2.25. The van der Waals surface area contributed by atoms with Crippen molar-refractivity contribution >= 4 is 34.7 Å². The third kappa shape index (κ3) is 2.23. The second-order valence-electron chi connectivity index (χ2n) is 6.01. The van der Waals surface area contributed by atoms with Crippen molar-refractivity contribution in [2.75, 3.05) is 5.32 Å². The van der Waals surface area contributed by atoms with Gasteiger partial charge < -0.3 is 5.32 Å². The summed E-state index contributed by atoms with van der Waals surface area (Å²) in [5.41, 5.74) is 6.48. The Bertz CT molecular complexity index is 918. The second-order valence-corrected chi connectivity index (χ2v) is 7.57. The number of allylic oxidation sites excluding steroid dienone is 2. The van der Waals surface area contributed by atoms with E-state index >= 15 is 0 Å². The molecule has 24 heavy (non-hydrogen) atoms. The van der Waals surface area contributed by atoms with Gasteiger partial charge in [0.1, 0.15) is 6.04 Å². The van der Waals surface area contributed by atoms with Crippen LogP contribution < -0.4 is 5.32 Å². The SMILES string of the molecule is C(=C1CCCC2=C1Nc1nnnn1[C@H]2c1ccsc1)c1ccsc1. The molecular weight excluding hydrogens is 338 g/mol. The summed E-state index contributed by atoms with van der Waals surface area (Å²) in [7, 11) is 0. The maximum atomic E-state index is 4.23. The summed E-state index contributed by atoms with van der Waals surface area (Å²) in [6.45, 7) is 0. The van der Waals surface area contributed by atoms with Crippen molar-refractivity contribution in [2.24, 2.45) is 0 Å². The van der Waals surface area contributed by atoms with Gasteiger partial charge in [0, 0.05) is 5.70 Å². The molecule has 1 aliphatic heterocycles. The molecule has 0 bridgehead atoms. The highest BCUT2D eigenvalue weighted by molar-refractivity contribution is 7.08. The molecule has 5 nitrogen and oxygen atoms in total. The summed E-state index contributed by atoms with van der Waals surface area (Å²) in [6.07, 6.45) is 5.61. The van der Waals surface area contributed by atoms with E-state index in [0.717, 1.165) is 25.2 Å². The highest BCUT2D eigenvalue weighted by Crippen LogP contribution is 2.43. The molecule has 1 N–H and O–H groups in total. The lowest BCUT2D eigenvalue weighted by Gasteiger charge is -2.33. The molecule has 0 saturated heterocycles. The van der Waals surface area contributed by atoms with Crippen molar-refractivity contribution in [1.82, 2.24) is 20.2 Å². The monoisotopic (exact) mass is 353 g/mol. The first-order valence-electron chi connectivity index (χ1n) is 7.93. The van der Waals surface area contributed by atoms with Crippen LogP contribution in [0.15, 0.2) is 50.5 Å². The lowest BCUT2D eigenvalue weighted by atomic mass is 9.84. The van der Waals surface area contributed by atoms with E-state index in [0.29, 0.717) is 0 Å². The molecule has 0 fully saturated rings. The molecule has 0 spiro atoms. The number of tetrazole rings is 1. The molecule has 4 heterocycles. The van der Waals surface area contributed by atoms with E-state index in [1.807, 2.05) is 4.68 Å². The fourth-order valence-corrected chi connectivity index (χ4v) is 4.84. The Morgan fingerprint density at radius 2 is 2.08 bits per heavy atom. The molecule has 0 unspecified atom stereocenters. The zero-order valence-corrected chi connectivity index (χ0v) is 14.5. The zero-order valence-electron chi connectivity index (χ0n) is 12.8. The van der Waals surface area contributed by atoms with Crippen LogP contribution in [0.3, 0.4) is 0 Å². The molecule has 1 aliphatic carbocycles. The molecule has 3 aromatic rings. The average Bonchev–Trinajstić information content (AvgIpc) is 3.35. The van der Waals surface area contributed by atoms with Crippen LogP contribution in [0.4, 0.5) is 5.95 Å². The third-order valence-corrected chi connectivity index (χ3v) is 5.98. The molecule has 0 amide bonds. The molecule has 0 aromatic carbocycles. The number of aromatic nitrogens is 4. The zero-order chi connectivity index (χ0) is 15.9. The largest absolute Gasteiger partial charge is 0.323 e. The quantitative estimate of drug-likeness (QED) is 0.745. The van der Waals surface area contributed by atoms with Crippen molar-refractivity contribution < 1.29 is 0 Å². The predicted molar refractivity (Wildman–Crippen MR) is 97.1 cm³/mol. The summed E-state index contributed by atoms with van der Waals surface area (Å²) in [6, 6.07) is 4.44. The van der Waals surface area contributed by atoms with Crippen LogP contribution >= 0.6 is 22.7 Å². The topological polar surface area (TPSA) is 55.6 Å². The van der Waals surface area contributed by atoms with E-state index in [1.165, 1.54) is 28.0 Å². The molecule has 7 heteroatoms. The van der Waals surface area contributed by atoms with Gasteiger partial charge in [-0.25, -0.2) is 0 Å². The van der Waals surface area contributed by atoms with E-state index < -0.39 is 0 Å². The lowest BCUT2D eigenvalue weighted by Crippen LogP contribution is -2.28. The van der Waals surface area contributed by atoms with E-state index in [4.69, 9.17) is 0 Å². The molecule has 120 valence electrons. The highest BCUT2D eigenvalue weighted by Gasteiger charge is 2.34. The Labute approximate surface area is 147 Å². The minimum atomic E-state index is 0.101. The van der Waals surface area contributed by atoms with Crippen molar-refractivity contribution in [3.8, 4) is 0 Å². The van der Waals surface area contributed by atoms with Crippen LogP contribution in [0.25, 0.3) is 6.08 Å². The van der Waals surface area contributed by atoms with Gasteiger partial charge in [0.25, 0.3) is 0 Å². The Balaban J connectivity index is 1.67. The van der Waals surface area contributed by atoms with Crippen LogP contribution in [-0.4, -0.2) is 20.2 Å². The second kappa shape index (κ2) is 5.68. The Kier molecular flexibility index (Phi) is 3.34. The normalized spacial score (nSPS) is 21.5. The van der Waals surface area contributed by atoms with Crippen LogP contribution in [0.5, 0.6) is 0 Å². The van der Waals surface area contributed by atoms with Gasteiger partial charge in [0.2, 0.25) is 5.95 Å². The number of fused-ring (bicyclic) bond motifs is 1. The highest BCUT2D eigenvalue weighted by atomic mass is 32.1. The Morgan fingerprint density at radius 3 is 2.92 bits per heavy atom. The van der Waals surface area contributed by atoms with Gasteiger partial charge in [-0.3, -0.25) is 0 Å². The van der Waals surface area contributed by atoms with Crippen LogP contribution in [0, 0.1) is 0 Å². The molecule has 0 radical (unpaired) electrons. The maximum absolute atomic E-state index is 4.23. The van der Waals surface area contributed by atoms with E-state index in [-0.39, 0.29) is 6.04 Å². The van der Waals surface area contributed by atoms with Crippen LogP contribution in [0.2, 0.25) is 0 Å². The van der Waals surface area contributed by atoms with Gasteiger partial charge in [-0.1, -0.05) is 5.10 Å². The number of hydrogen-bond acceptors (Lipinski definition) is 6. The van der Waals surface area contributed by atoms with Gasteiger partial charge in [0.15, 0.2) is 0 Å². The van der Waals surface area contributed by atoms with Crippen LogP contribution in [0.1, 0.15) is 36.4 Å². The summed E-state index contributed by atoms with van der Waals surface area (Å²) < 4.78 is 1.91. The van der Waals surface area contributed by atoms with Gasteiger partial charge in [-0.2, -0.15) is 27.4 Å². The van der Waals surface area contributed by atoms with E-state index in [1.54, 1.807) is 22.7 Å². The number of hydrogen-bond donors (Lipinski definition) is 1. The standard InChI is InChI=1S/C17H15N5S2/c1-2-12(8-11-4-6-23-9-11)15-14(3-1)16(13-5-7-24-10-13)22-17(18-15)19-20-21-22/h4-10,16H,1-3H2,(H,18,19,21)/t16-/m0/s1. The lowest BCUT2D eigenvalue weighted by molar-refractivity contribution is 0.525. The van der Waals surface area contributed by atoms with Gasteiger partial charge in [-0.05, 0) is 91.7 Å². The summed E-state index contributed by atoms with van der Waals surface area (Å²) in [5.74, 6) is 0.725. The van der Waals surface area contributed by atoms with Crippen molar-refractivity contribution in [3.05, 3.63) is 61.6 Å². The first-order chi connectivity index (χ1) is 11.9. The summed E-state index contributed by atoms with van der Waals surface area (Å²) >= 11 is 3.45. The number of nitrogens with one attached hydrogen (secondary N) is 1. The summed E-state index contributed by atoms with van der Waals surface area (Å²) in [5, 5.41) is 24.4. The van der Waals surface area contributed by atoms with Crippen molar-refractivity contribution in [1.29, 1.82) is 0 Å². The first-order valence-corrected chi connectivity index (χ1v) is 9.82. The number of anilines is 1. The first kappa shape index (κ1) is 14.1. The van der Waals surface area contributed by atoms with Gasteiger partial charge in [0.05, 0.1) is 0 Å². The van der Waals surface area contributed by atoms with Crippen LogP contribution in [-0.2, 0) is 0 Å². The van der Waals surface area contributed by atoms with Crippen molar-refractivity contribution in [2.45, 2.75) is 25.3 Å². The molecule has 2 aliphatic rings. The molecule has 3 aromatic heterocycles. The van der Waals surface area contributed by atoms with Crippen molar-refractivity contribution in [3.63, 3.8) is 0 Å². The van der Waals surface area contributed by atoms with Gasteiger partial charge in [-0.15, -0.1) is 0 Å². The molecular formula is C17H15N5S2. The van der Waals surface area contributed by atoms with Gasteiger partial charge >= 0.3 is 0 Å². The Morgan fingerprint density at radius 1 is 1.17 bits per heavy atom. The van der Waals surface area contributed by atoms with E-state index in [9.17, 15) is 0 Å². The van der Waals surface area contributed by atoms with E-state index in [2.05, 4.69) is 60.6 Å². The minimum Gasteiger partial charge on any atom is -0.323 e. The fourth-order valence-electron chi connectivity index (χ4n) is 3.54. The summed E-state index contributed by atoms with van der Waals surface area (Å²) in [4.78, 5) is 0. The minimum absolute atomic E-state index is 0.101. The average molecular weight is 353 g/mol. The maximum Gasteiger partial charge on any atom is 0.248 e. The number of rotatable bonds is 2. The number of nitrogens with zero attached hydrogens (tertiary/aromatic N) is 4. The predicted octanol–water partition coefficient (Wildman–Crippen LogP) is 4.33. The smallest absolute Gasteiger partial charge is 0.248 e. The molecule has 1 atom stereocenters. The molecule has 0 saturated carbocycles. The number of thiophene rings is 2. The molecule has 5 rings (SSSR count). The third-order valence-electron chi connectivity index (χ3n) is 4.58.